The van der Waals surface area contributed by atoms with Crippen molar-refractivity contribution in [2.45, 2.75) is 25.8 Å². The molecule has 2 aromatic rings. The molecular weight excluding hydrogens is 392 g/mol. The Morgan fingerprint density at radius 3 is 2.29 bits per heavy atom. The lowest BCUT2D eigenvalue weighted by atomic mass is 9.88. The Hall–Kier alpha value is -3.15. The van der Waals surface area contributed by atoms with E-state index < -0.39 is 0 Å². The van der Waals surface area contributed by atoms with Crippen molar-refractivity contribution >= 4 is 17.6 Å². The van der Waals surface area contributed by atoms with Crippen LogP contribution in [0.25, 0.3) is 0 Å². The van der Waals surface area contributed by atoms with Crippen molar-refractivity contribution < 1.29 is 19.1 Å². The Bertz CT molecular complexity index is 934. The second kappa shape index (κ2) is 9.33. The molecule has 2 amide bonds. The minimum Gasteiger partial charge on any atom is -0.497 e. The van der Waals surface area contributed by atoms with Crippen molar-refractivity contribution in [1.29, 1.82) is 0 Å². The molecular formula is C25H28N2O4. The monoisotopic (exact) mass is 420 g/mol. The highest BCUT2D eigenvalue weighted by atomic mass is 16.5. The maximum absolute atomic E-state index is 13.0. The fraction of sp³-hybridized carbons (Fsp3) is 0.400. The molecule has 0 aliphatic carbocycles. The van der Waals surface area contributed by atoms with E-state index in [-0.39, 0.29) is 35.9 Å². The van der Waals surface area contributed by atoms with Gasteiger partial charge in [0.15, 0.2) is 5.78 Å². The predicted octanol–water partition coefficient (Wildman–Crippen LogP) is 3.17. The average Bonchev–Trinajstić information content (AvgIpc) is 3.19. The number of Topliss-reactive ketones (excluding diaryl/α,β-unsaturated/α-hetero) is 1. The first kappa shape index (κ1) is 21.1. The third-order valence-electron chi connectivity index (χ3n) is 6.33. The van der Waals surface area contributed by atoms with Crippen LogP contribution in [-0.4, -0.2) is 54.1 Å². The molecule has 31 heavy (non-hydrogen) atoms. The number of carbonyl (C=O) groups is 3. The number of methoxy groups -OCH3 is 1. The Morgan fingerprint density at radius 1 is 0.968 bits per heavy atom. The number of hydrogen-bond acceptors (Lipinski definition) is 4. The number of ether oxygens (including phenoxy) is 1. The molecule has 2 aromatic carbocycles. The van der Waals surface area contributed by atoms with Crippen LogP contribution in [0.1, 0.15) is 35.2 Å². The summed E-state index contributed by atoms with van der Waals surface area (Å²) in [6, 6.07) is 17.0. The fourth-order valence-corrected chi connectivity index (χ4v) is 4.51. The summed E-state index contributed by atoms with van der Waals surface area (Å²) >= 11 is 0. The van der Waals surface area contributed by atoms with Gasteiger partial charge in [0.1, 0.15) is 5.75 Å². The summed E-state index contributed by atoms with van der Waals surface area (Å²) < 4.78 is 5.15. The third kappa shape index (κ3) is 4.79. The van der Waals surface area contributed by atoms with Gasteiger partial charge in [-0.2, -0.15) is 0 Å². The van der Waals surface area contributed by atoms with E-state index in [9.17, 15) is 14.4 Å². The Labute approximate surface area is 182 Å². The second-order valence-electron chi connectivity index (χ2n) is 8.35. The van der Waals surface area contributed by atoms with Crippen LogP contribution >= 0.6 is 0 Å². The van der Waals surface area contributed by atoms with E-state index in [1.165, 1.54) is 0 Å². The first-order chi connectivity index (χ1) is 15.0. The first-order valence-corrected chi connectivity index (χ1v) is 10.8. The van der Waals surface area contributed by atoms with Crippen LogP contribution in [-0.2, 0) is 16.1 Å². The van der Waals surface area contributed by atoms with Gasteiger partial charge in [0, 0.05) is 44.1 Å². The van der Waals surface area contributed by atoms with Crippen molar-refractivity contribution in [3.63, 3.8) is 0 Å². The number of carbonyl (C=O) groups excluding carboxylic acids is 3. The molecule has 1 atom stereocenters. The molecule has 6 heteroatoms. The fourth-order valence-electron chi connectivity index (χ4n) is 4.51. The van der Waals surface area contributed by atoms with Gasteiger partial charge in [0.25, 0.3) is 0 Å². The SMILES string of the molecule is COc1ccc(C(=O)C2CCN(C(=O)C3CC(=O)N(Cc4ccccc4)C3)CC2)cc1. The Kier molecular flexibility index (Phi) is 6.35. The van der Waals surface area contributed by atoms with Gasteiger partial charge in [-0.25, -0.2) is 0 Å². The standard InChI is InChI=1S/C25H28N2O4/c1-31-22-9-7-19(8-10-22)24(29)20-11-13-26(14-12-20)25(30)21-15-23(28)27(17-21)16-18-5-3-2-4-6-18/h2-10,20-21H,11-17H2,1H3. The largest absolute Gasteiger partial charge is 0.497 e. The van der Waals surface area contributed by atoms with Crippen LogP contribution in [0.4, 0.5) is 0 Å². The molecule has 2 saturated heterocycles. The number of benzene rings is 2. The number of piperidine rings is 1. The zero-order chi connectivity index (χ0) is 21.8. The molecule has 2 aliphatic heterocycles. The van der Waals surface area contributed by atoms with E-state index in [4.69, 9.17) is 4.74 Å². The minimum atomic E-state index is -0.287. The molecule has 0 bridgehead atoms. The normalized spacial score (nSPS) is 19.5. The Balaban J connectivity index is 1.30. The van der Waals surface area contributed by atoms with Crippen molar-refractivity contribution in [3.05, 3.63) is 65.7 Å². The molecule has 0 aromatic heterocycles. The highest BCUT2D eigenvalue weighted by Crippen LogP contribution is 2.27. The molecule has 0 saturated carbocycles. The molecule has 162 valence electrons. The van der Waals surface area contributed by atoms with E-state index in [0.717, 1.165) is 11.3 Å². The number of nitrogens with zero attached hydrogens (tertiary/aromatic N) is 2. The van der Waals surface area contributed by atoms with Crippen LogP contribution < -0.4 is 4.74 Å². The van der Waals surface area contributed by atoms with E-state index in [2.05, 4.69) is 0 Å². The maximum atomic E-state index is 13.0. The molecule has 2 heterocycles. The Morgan fingerprint density at radius 2 is 1.65 bits per heavy atom. The zero-order valence-electron chi connectivity index (χ0n) is 17.8. The van der Waals surface area contributed by atoms with Gasteiger partial charge in [0.2, 0.25) is 11.8 Å². The maximum Gasteiger partial charge on any atom is 0.227 e. The summed E-state index contributed by atoms with van der Waals surface area (Å²) in [6.07, 6.45) is 1.59. The quantitative estimate of drug-likeness (QED) is 0.674. The summed E-state index contributed by atoms with van der Waals surface area (Å²) in [5.74, 6) is 0.567. The lowest BCUT2D eigenvalue weighted by Gasteiger charge is -2.33. The number of ketones is 1. The summed E-state index contributed by atoms with van der Waals surface area (Å²) in [5.41, 5.74) is 1.75. The van der Waals surface area contributed by atoms with Gasteiger partial charge < -0.3 is 14.5 Å². The van der Waals surface area contributed by atoms with Gasteiger partial charge >= 0.3 is 0 Å². The van der Waals surface area contributed by atoms with Crippen LogP contribution in [0, 0.1) is 11.8 Å². The van der Waals surface area contributed by atoms with E-state index >= 15 is 0 Å². The van der Waals surface area contributed by atoms with Crippen molar-refractivity contribution in [1.82, 2.24) is 9.80 Å². The van der Waals surface area contributed by atoms with E-state index in [0.29, 0.717) is 44.6 Å². The van der Waals surface area contributed by atoms with Crippen molar-refractivity contribution in [2.75, 3.05) is 26.7 Å². The summed E-state index contributed by atoms with van der Waals surface area (Å²) in [7, 11) is 1.60. The molecule has 2 fully saturated rings. The second-order valence-corrected chi connectivity index (χ2v) is 8.35. The molecule has 0 N–H and O–H groups in total. The molecule has 4 rings (SSSR count). The zero-order valence-corrected chi connectivity index (χ0v) is 17.8. The van der Waals surface area contributed by atoms with E-state index in [1.807, 2.05) is 35.2 Å². The van der Waals surface area contributed by atoms with Gasteiger partial charge in [-0.1, -0.05) is 30.3 Å². The van der Waals surface area contributed by atoms with Crippen LogP contribution in [0.5, 0.6) is 5.75 Å². The number of amides is 2. The van der Waals surface area contributed by atoms with Gasteiger partial charge in [0.05, 0.1) is 13.0 Å². The summed E-state index contributed by atoms with van der Waals surface area (Å²) in [4.78, 5) is 41.8. The highest BCUT2D eigenvalue weighted by molar-refractivity contribution is 5.98. The first-order valence-electron chi connectivity index (χ1n) is 10.8. The molecule has 6 nitrogen and oxygen atoms in total. The van der Waals surface area contributed by atoms with Crippen LogP contribution in [0.2, 0.25) is 0 Å². The van der Waals surface area contributed by atoms with Gasteiger partial charge in [-0.15, -0.1) is 0 Å². The van der Waals surface area contributed by atoms with Gasteiger partial charge in [-0.05, 0) is 42.7 Å². The topological polar surface area (TPSA) is 66.9 Å². The van der Waals surface area contributed by atoms with Gasteiger partial charge in [-0.3, -0.25) is 14.4 Å². The summed E-state index contributed by atoms with van der Waals surface area (Å²) in [6.45, 7) is 2.14. The van der Waals surface area contributed by atoms with Crippen molar-refractivity contribution in [3.8, 4) is 5.75 Å². The molecule has 2 aliphatic rings. The minimum absolute atomic E-state index is 0.0340. The number of likely N-dealkylation sites (tertiary alicyclic amines) is 2. The third-order valence-corrected chi connectivity index (χ3v) is 6.33. The lowest BCUT2D eigenvalue weighted by Crippen LogP contribution is -2.43. The van der Waals surface area contributed by atoms with Crippen LogP contribution in [0.15, 0.2) is 54.6 Å². The van der Waals surface area contributed by atoms with E-state index in [1.54, 1.807) is 36.3 Å². The molecule has 1 unspecified atom stereocenters. The number of rotatable bonds is 6. The summed E-state index contributed by atoms with van der Waals surface area (Å²) in [5, 5.41) is 0. The average molecular weight is 421 g/mol. The van der Waals surface area contributed by atoms with Crippen molar-refractivity contribution in [2.24, 2.45) is 11.8 Å². The smallest absolute Gasteiger partial charge is 0.227 e. The predicted molar refractivity (Wildman–Crippen MR) is 117 cm³/mol. The molecule has 0 spiro atoms. The lowest BCUT2D eigenvalue weighted by molar-refractivity contribution is -0.137. The number of hydrogen-bond donors (Lipinski definition) is 0. The highest BCUT2D eigenvalue weighted by Gasteiger charge is 2.38. The van der Waals surface area contributed by atoms with Crippen LogP contribution in [0.3, 0.4) is 0 Å². The molecule has 0 radical (unpaired) electrons.